The Morgan fingerprint density at radius 2 is 1.75 bits per heavy atom. The molecule has 5 heteroatoms. The van der Waals surface area contributed by atoms with E-state index in [1.165, 1.54) is 11.1 Å². The zero-order valence-corrected chi connectivity index (χ0v) is 17.3. The highest BCUT2D eigenvalue weighted by molar-refractivity contribution is 5.81. The first-order valence-corrected chi connectivity index (χ1v) is 9.94. The third-order valence-corrected chi connectivity index (χ3v) is 5.42. The van der Waals surface area contributed by atoms with Crippen molar-refractivity contribution in [3.05, 3.63) is 53.6 Å². The van der Waals surface area contributed by atoms with Gasteiger partial charge in [-0.1, -0.05) is 25.1 Å². The summed E-state index contributed by atoms with van der Waals surface area (Å²) >= 11 is 0. The number of amides is 1. The molecule has 1 aliphatic rings. The average molecular weight is 383 g/mol. The minimum Gasteiger partial charge on any atom is -0.495 e. The van der Waals surface area contributed by atoms with Crippen molar-refractivity contribution in [2.75, 3.05) is 38.2 Å². The maximum Gasteiger partial charge on any atom is 0.263 e. The number of carbonyl (C=O) groups excluding carboxylic acids is 1. The van der Waals surface area contributed by atoms with Crippen LogP contribution in [-0.2, 0) is 4.79 Å². The molecule has 2 aromatic carbocycles. The second kappa shape index (κ2) is 9.00. The Labute approximate surface area is 167 Å². The van der Waals surface area contributed by atoms with Gasteiger partial charge in [-0.2, -0.15) is 0 Å². The van der Waals surface area contributed by atoms with Crippen molar-refractivity contribution >= 4 is 11.6 Å². The Kier molecular flexibility index (Phi) is 6.45. The van der Waals surface area contributed by atoms with E-state index in [9.17, 15) is 4.79 Å². The number of anilines is 1. The number of ether oxygens (including phenoxy) is 2. The second-order valence-corrected chi connectivity index (χ2v) is 7.24. The normalized spacial score (nSPS) is 15.3. The summed E-state index contributed by atoms with van der Waals surface area (Å²) in [5.74, 6) is 1.70. The molecule has 2 aromatic rings. The number of hydrogen-bond acceptors (Lipinski definition) is 4. The van der Waals surface area contributed by atoms with Gasteiger partial charge in [-0.3, -0.25) is 4.79 Å². The largest absolute Gasteiger partial charge is 0.495 e. The fourth-order valence-corrected chi connectivity index (χ4v) is 3.52. The smallest absolute Gasteiger partial charge is 0.263 e. The maximum absolute atomic E-state index is 13.0. The number of benzene rings is 2. The van der Waals surface area contributed by atoms with Crippen LogP contribution in [0.2, 0.25) is 0 Å². The molecule has 0 bridgehead atoms. The zero-order valence-electron chi connectivity index (χ0n) is 17.3. The molecular formula is C23H30N2O3. The van der Waals surface area contributed by atoms with Gasteiger partial charge >= 0.3 is 0 Å². The van der Waals surface area contributed by atoms with Gasteiger partial charge in [0.2, 0.25) is 0 Å². The van der Waals surface area contributed by atoms with Crippen LogP contribution in [0.1, 0.15) is 24.5 Å². The van der Waals surface area contributed by atoms with Gasteiger partial charge in [0, 0.05) is 26.2 Å². The fourth-order valence-electron chi connectivity index (χ4n) is 3.52. The predicted molar refractivity (Wildman–Crippen MR) is 112 cm³/mol. The molecule has 3 rings (SSSR count). The first kappa shape index (κ1) is 20.1. The van der Waals surface area contributed by atoms with Crippen LogP contribution in [0.25, 0.3) is 0 Å². The summed E-state index contributed by atoms with van der Waals surface area (Å²) in [6, 6.07) is 14.0. The van der Waals surface area contributed by atoms with E-state index in [-0.39, 0.29) is 5.91 Å². The van der Waals surface area contributed by atoms with Crippen molar-refractivity contribution in [3.8, 4) is 11.5 Å². The van der Waals surface area contributed by atoms with Gasteiger partial charge in [-0.15, -0.1) is 0 Å². The summed E-state index contributed by atoms with van der Waals surface area (Å²) in [6.07, 6.45) is 0.207. The Morgan fingerprint density at radius 1 is 1.04 bits per heavy atom. The molecule has 150 valence electrons. The molecule has 0 aromatic heterocycles. The van der Waals surface area contributed by atoms with Gasteiger partial charge in [0.05, 0.1) is 12.8 Å². The van der Waals surface area contributed by atoms with Gasteiger partial charge in [0.25, 0.3) is 5.91 Å². The number of hydrogen-bond donors (Lipinski definition) is 0. The summed E-state index contributed by atoms with van der Waals surface area (Å²) in [4.78, 5) is 17.2. The summed E-state index contributed by atoms with van der Waals surface area (Å²) in [7, 11) is 1.69. The first-order valence-electron chi connectivity index (χ1n) is 9.94. The average Bonchev–Trinajstić information content (AvgIpc) is 2.74. The minimum absolute atomic E-state index is 0.0698. The monoisotopic (exact) mass is 382 g/mol. The lowest BCUT2D eigenvalue weighted by atomic mass is 10.1. The van der Waals surface area contributed by atoms with Gasteiger partial charge in [0.1, 0.15) is 11.5 Å². The highest BCUT2D eigenvalue weighted by Crippen LogP contribution is 2.28. The van der Waals surface area contributed by atoms with Crippen LogP contribution < -0.4 is 14.4 Å². The molecule has 0 unspecified atom stereocenters. The van der Waals surface area contributed by atoms with E-state index in [2.05, 4.69) is 24.8 Å². The van der Waals surface area contributed by atoms with E-state index in [0.29, 0.717) is 19.5 Å². The number of para-hydroxylation sites is 2. The van der Waals surface area contributed by atoms with E-state index >= 15 is 0 Å². The van der Waals surface area contributed by atoms with Crippen molar-refractivity contribution < 1.29 is 14.3 Å². The Bertz CT molecular complexity index is 813. The predicted octanol–water partition coefficient (Wildman–Crippen LogP) is 3.82. The molecule has 5 nitrogen and oxygen atoms in total. The summed E-state index contributed by atoms with van der Waals surface area (Å²) in [5.41, 5.74) is 3.47. The number of rotatable bonds is 6. The van der Waals surface area contributed by atoms with Crippen LogP contribution in [-0.4, -0.2) is 50.2 Å². The van der Waals surface area contributed by atoms with Crippen molar-refractivity contribution in [2.24, 2.45) is 0 Å². The fraction of sp³-hybridized carbons (Fsp3) is 0.435. The minimum atomic E-state index is -0.445. The van der Waals surface area contributed by atoms with Gasteiger partial charge in [-0.05, 0) is 55.7 Å². The van der Waals surface area contributed by atoms with E-state index in [1.807, 2.05) is 48.2 Å². The summed E-state index contributed by atoms with van der Waals surface area (Å²) in [6.45, 7) is 9.06. The van der Waals surface area contributed by atoms with Crippen LogP contribution in [0, 0.1) is 13.8 Å². The Balaban J connectivity index is 1.62. The summed E-state index contributed by atoms with van der Waals surface area (Å²) in [5, 5.41) is 0. The maximum atomic E-state index is 13.0. The van der Waals surface area contributed by atoms with Crippen LogP contribution >= 0.6 is 0 Å². The van der Waals surface area contributed by atoms with E-state index < -0.39 is 6.10 Å². The van der Waals surface area contributed by atoms with Crippen LogP contribution in [0.5, 0.6) is 11.5 Å². The lowest BCUT2D eigenvalue weighted by Gasteiger charge is -2.37. The molecule has 1 amide bonds. The Morgan fingerprint density at radius 3 is 2.39 bits per heavy atom. The lowest BCUT2D eigenvalue weighted by molar-refractivity contribution is -0.139. The van der Waals surface area contributed by atoms with Crippen LogP contribution in [0.15, 0.2) is 42.5 Å². The van der Waals surface area contributed by atoms with Gasteiger partial charge in [-0.25, -0.2) is 0 Å². The quantitative estimate of drug-likeness (QED) is 0.762. The van der Waals surface area contributed by atoms with E-state index in [1.54, 1.807) is 7.11 Å². The molecule has 0 spiro atoms. The molecule has 0 aliphatic carbocycles. The molecule has 1 heterocycles. The second-order valence-electron chi connectivity index (χ2n) is 7.24. The lowest BCUT2D eigenvalue weighted by Crippen LogP contribution is -2.52. The van der Waals surface area contributed by atoms with E-state index in [0.717, 1.165) is 30.3 Å². The zero-order chi connectivity index (χ0) is 20.1. The first-order chi connectivity index (χ1) is 13.5. The van der Waals surface area contributed by atoms with Gasteiger partial charge in [0.15, 0.2) is 6.10 Å². The van der Waals surface area contributed by atoms with Gasteiger partial charge < -0.3 is 19.3 Å². The van der Waals surface area contributed by atoms with Crippen LogP contribution in [0.3, 0.4) is 0 Å². The molecule has 1 aliphatic heterocycles. The number of aryl methyl sites for hydroxylation is 2. The third kappa shape index (κ3) is 4.41. The van der Waals surface area contributed by atoms with Crippen molar-refractivity contribution in [1.82, 2.24) is 4.90 Å². The Hall–Kier alpha value is -2.69. The number of methoxy groups -OCH3 is 1. The highest BCUT2D eigenvalue weighted by Gasteiger charge is 2.28. The molecule has 1 saturated heterocycles. The van der Waals surface area contributed by atoms with Crippen molar-refractivity contribution in [3.63, 3.8) is 0 Å². The molecular weight excluding hydrogens is 352 g/mol. The van der Waals surface area contributed by atoms with E-state index in [4.69, 9.17) is 9.47 Å². The molecule has 0 saturated carbocycles. The third-order valence-electron chi connectivity index (χ3n) is 5.42. The number of nitrogens with zero attached hydrogens (tertiary/aromatic N) is 2. The molecule has 28 heavy (non-hydrogen) atoms. The SMILES string of the molecule is CC[C@@H](Oc1ccc(C)c(C)c1)C(=O)N1CCN(c2ccccc2OC)CC1. The molecule has 0 N–H and O–H groups in total. The van der Waals surface area contributed by atoms with Crippen molar-refractivity contribution in [1.29, 1.82) is 0 Å². The molecule has 0 radical (unpaired) electrons. The summed E-state index contributed by atoms with van der Waals surface area (Å²) < 4.78 is 11.5. The molecule has 1 fully saturated rings. The number of piperazine rings is 1. The number of carbonyl (C=O) groups is 1. The topological polar surface area (TPSA) is 42.0 Å². The standard InChI is InChI=1S/C23H30N2O3/c1-5-21(28-19-11-10-17(2)18(3)16-19)23(26)25-14-12-24(13-15-25)20-8-6-7-9-22(20)27-4/h6-11,16,21H,5,12-15H2,1-4H3/t21-/m1/s1. The van der Waals surface area contributed by atoms with Crippen molar-refractivity contribution in [2.45, 2.75) is 33.3 Å². The van der Waals surface area contributed by atoms with Crippen LogP contribution in [0.4, 0.5) is 5.69 Å². The highest BCUT2D eigenvalue weighted by atomic mass is 16.5. The molecule has 1 atom stereocenters.